The zero-order chi connectivity index (χ0) is 15.6. The van der Waals surface area contributed by atoms with Crippen LogP contribution in [0.1, 0.15) is 29.7 Å². The van der Waals surface area contributed by atoms with Crippen LogP contribution in [0.3, 0.4) is 0 Å². The third kappa shape index (κ3) is 3.37. The molecule has 0 fully saturated rings. The second-order valence-electron chi connectivity index (χ2n) is 4.75. The van der Waals surface area contributed by atoms with Crippen LogP contribution in [0.15, 0.2) is 30.3 Å². The van der Waals surface area contributed by atoms with Crippen molar-refractivity contribution in [3.63, 3.8) is 0 Å². The van der Waals surface area contributed by atoms with Gasteiger partial charge >= 0.3 is 0 Å². The smallest absolute Gasteiger partial charge is 0.128 e. The molecule has 0 bridgehead atoms. The minimum absolute atomic E-state index is 0.190. The summed E-state index contributed by atoms with van der Waals surface area (Å²) >= 11 is 12.4. The zero-order valence-corrected chi connectivity index (χ0v) is 13.2. The van der Waals surface area contributed by atoms with Crippen molar-refractivity contribution in [2.24, 2.45) is 0 Å². The van der Waals surface area contributed by atoms with Gasteiger partial charge in [-0.15, -0.1) is 0 Å². The van der Waals surface area contributed by atoms with Gasteiger partial charge in [0.1, 0.15) is 11.6 Å². The summed E-state index contributed by atoms with van der Waals surface area (Å²) in [6.07, 6.45) is 0. The van der Waals surface area contributed by atoms with Crippen LogP contribution < -0.4 is 5.32 Å². The molecule has 21 heavy (non-hydrogen) atoms. The van der Waals surface area contributed by atoms with Crippen molar-refractivity contribution < 1.29 is 8.78 Å². The molecular formula is C16H15Cl2F2N. The largest absolute Gasteiger partial charge is 0.306 e. The van der Waals surface area contributed by atoms with Gasteiger partial charge in [-0.05, 0) is 43.3 Å². The number of nitrogens with one attached hydrogen (secondary N) is 1. The van der Waals surface area contributed by atoms with Gasteiger partial charge in [-0.2, -0.15) is 0 Å². The van der Waals surface area contributed by atoms with E-state index in [0.29, 0.717) is 22.2 Å². The van der Waals surface area contributed by atoms with Crippen LogP contribution >= 0.6 is 23.2 Å². The highest BCUT2D eigenvalue weighted by atomic mass is 35.5. The van der Waals surface area contributed by atoms with Gasteiger partial charge in [0, 0.05) is 21.2 Å². The first-order valence-electron chi connectivity index (χ1n) is 6.58. The Morgan fingerprint density at radius 2 is 1.71 bits per heavy atom. The van der Waals surface area contributed by atoms with Gasteiger partial charge in [-0.3, -0.25) is 0 Å². The predicted octanol–water partition coefficient (Wildman–Crippen LogP) is 5.28. The molecule has 1 N–H and O–H groups in total. The van der Waals surface area contributed by atoms with E-state index in [0.717, 1.165) is 0 Å². The van der Waals surface area contributed by atoms with Gasteiger partial charge in [0.15, 0.2) is 0 Å². The average molecular weight is 330 g/mol. The second kappa shape index (κ2) is 6.73. The summed E-state index contributed by atoms with van der Waals surface area (Å²) in [7, 11) is 0. The van der Waals surface area contributed by atoms with E-state index in [-0.39, 0.29) is 11.1 Å². The lowest BCUT2D eigenvalue weighted by molar-refractivity contribution is 0.541. The van der Waals surface area contributed by atoms with Gasteiger partial charge < -0.3 is 5.32 Å². The van der Waals surface area contributed by atoms with Crippen molar-refractivity contribution in [3.05, 3.63) is 68.7 Å². The van der Waals surface area contributed by atoms with Crippen LogP contribution in [0.4, 0.5) is 8.78 Å². The zero-order valence-electron chi connectivity index (χ0n) is 11.7. The lowest BCUT2D eigenvalue weighted by Gasteiger charge is -2.22. The fourth-order valence-electron chi connectivity index (χ4n) is 2.24. The summed E-state index contributed by atoms with van der Waals surface area (Å²) in [6, 6.07) is 6.83. The third-order valence-corrected chi connectivity index (χ3v) is 3.94. The summed E-state index contributed by atoms with van der Waals surface area (Å²) in [4.78, 5) is 0. The second-order valence-corrected chi connectivity index (χ2v) is 5.56. The van der Waals surface area contributed by atoms with Crippen molar-refractivity contribution in [3.8, 4) is 0 Å². The maximum Gasteiger partial charge on any atom is 0.128 e. The van der Waals surface area contributed by atoms with E-state index in [1.165, 1.54) is 19.1 Å². The van der Waals surface area contributed by atoms with E-state index < -0.39 is 17.7 Å². The van der Waals surface area contributed by atoms with Crippen molar-refractivity contribution in [2.75, 3.05) is 6.54 Å². The summed E-state index contributed by atoms with van der Waals surface area (Å²) < 4.78 is 28.1. The standard InChI is InChI=1S/C16H15Cl2F2N/c1-3-21-16(15-11(17)5-4-6-12(15)18)10-8-13(19)9(2)7-14(10)20/h4-8,16,21H,3H2,1-2H3. The van der Waals surface area contributed by atoms with Gasteiger partial charge in [0.05, 0.1) is 6.04 Å². The van der Waals surface area contributed by atoms with E-state index in [9.17, 15) is 8.78 Å². The first-order chi connectivity index (χ1) is 9.95. The molecule has 0 spiro atoms. The minimum Gasteiger partial charge on any atom is -0.306 e. The molecule has 112 valence electrons. The maximum atomic E-state index is 14.3. The quantitative estimate of drug-likeness (QED) is 0.804. The molecule has 0 amide bonds. The maximum absolute atomic E-state index is 14.3. The van der Waals surface area contributed by atoms with E-state index >= 15 is 0 Å². The average Bonchev–Trinajstić information content (AvgIpc) is 2.42. The molecule has 0 aliphatic heterocycles. The Bertz CT molecular complexity index is 639. The lowest BCUT2D eigenvalue weighted by atomic mass is 9.96. The molecule has 1 unspecified atom stereocenters. The number of hydrogen-bond donors (Lipinski definition) is 1. The number of halogens is 4. The van der Waals surface area contributed by atoms with Crippen LogP contribution in [-0.2, 0) is 0 Å². The van der Waals surface area contributed by atoms with Gasteiger partial charge in [0.2, 0.25) is 0 Å². The fourth-order valence-corrected chi connectivity index (χ4v) is 2.86. The van der Waals surface area contributed by atoms with Gasteiger partial charge in [-0.1, -0.05) is 36.2 Å². The Balaban J connectivity index is 2.62. The highest BCUT2D eigenvalue weighted by molar-refractivity contribution is 6.36. The summed E-state index contributed by atoms with van der Waals surface area (Å²) in [5.74, 6) is -0.951. The fraction of sp³-hybridized carbons (Fsp3) is 0.250. The first-order valence-corrected chi connectivity index (χ1v) is 7.34. The number of benzene rings is 2. The molecule has 1 nitrogen and oxygen atoms in total. The molecular weight excluding hydrogens is 315 g/mol. The summed E-state index contributed by atoms with van der Waals surface area (Å²) in [5, 5.41) is 3.93. The minimum atomic E-state index is -0.605. The van der Waals surface area contributed by atoms with Crippen molar-refractivity contribution in [2.45, 2.75) is 19.9 Å². The number of rotatable bonds is 4. The molecule has 0 aliphatic rings. The van der Waals surface area contributed by atoms with Crippen LogP contribution in [0.5, 0.6) is 0 Å². The SMILES string of the molecule is CCNC(c1cc(F)c(C)cc1F)c1c(Cl)cccc1Cl. The van der Waals surface area contributed by atoms with Crippen LogP contribution in [0.2, 0.25) is 10.0 Å². The lowest BCUT2D eigenvalue weighted by Crippen LogP contribution is -2.24. The molecule has 2 aromatic carbocycles. The van der Waals surface area contributed by atoms with Crippen LogP contribution in [0.25, 0.3) is 0 Å². The van der Waals surface area contributed by atoms with Crippen molar-refractivity contribution in [1.82, 2.24) is 5.32 Å². The number of hydrogen-bond acceptors (Lipinski definition) is 1. The van der Waals surface area contributed by atoms with Crippen LogP contribution in [-0.4, -0.2) is 6.54 Å². The van der Waals surface area contributed by atoms with Gasteiger partial charge in [0.25, 0.3) is 0 Å². The molecule has 0 aromatic heterocycles. The monoisotopic (exact) mass is 329 g/mol. The highest BCUT2D eigenvalue weighted by Crippen LogP contribution is 2.35. The predicted molar refractivity (Wildman–Crippen MR) is 83.1 cm³/mol. The summed E-state index contributed by atoms with van der Waals surface area (Å²) in [6.45, 7) is 3.95. The molecule has 2 rings (SSSR count). The third-order valence-electron chi connectivity index (χ3n) is 3.29. The first kappa shape index (κ1) is 16.2. The Hall–Kier alpha value is -1.16. The van der Waals surface area contributed by atoms with E-state index in [2.05, 4.69) is 5.32 Å². The molecule has 0 saturated carbocycles. The highest BCUT2D eigenvalue weighted by Gasteiger charge is 2.23. The molecule has 1 atom stereocenters. The Kier molecular flexibility index (Phi) is 5.20. The molecule has 5 heteroatoms. The normalized spacial score (nSPS) is 12.5. The Morgan fingerprint density at radius 1 is 1.10 bits per heavy atom. The van der Waals surface area contributed by atoms with E-state index in [1.807, 2.05) is 6.92 Å². The molecule has 0 saturated heterocycles. The van der Waals surface area contributed by atoms with E-state index in [4.69, 9.17) is 23.2 Å². The van der Waals surface area contributed by atoms with Crippen LogP contribution in [0, 0.1) is 18.6 Å². The van der Waals surface area contributed by atoms with Crippen molar-refractivity contribution in [1.29, 1.82) is 0 Å². The molecule has 0 heterocycles. The number of aryl methyl sites for hydroxylation is 1. The molecule has 0 aliphatic carbocycles. The molecule has 2 aromatic rings. The van der Waals surface area contributed by atoms with Gasteiger partial charge in [-0.25, -0.2) is 8.78 Å². The Labute approximate surface area is 132 Å². The topological polar surface area (TPSA) is 12.0 Å². The van der Waals surface area contributed by atoms with E-state index in [1.54, 1.807) is 18.2 Å². The Morgan fingerprint density at radius 3 is 2.29 bits per heavy atom. The van der Waals surface area contributed by atoms with Crippen molar-refractivity contribution >= 4 is 23.2 Å². The summed E-state index contributed by atoms with van der Waals surface area (Å²) in [5.41, 5.74) is 0.997. The molecule has 0 radical (unpaired) electrons.